The number of benzene rings is 1. The van der Waals surface area contributed by atoms with Crippen LogP contribution in [0.4, 0.5) is 4.39 Å². The maximum atomic E-state index is 13.2. The number of thiophene rings is 1. The fraction of sp³-hybridized carbons (Fsp3) is 0.286. The van der Waals surface area contributed by atoms with Gasteiger partial charge in [-0.1, -0.05) is 12.1 Å². The van der Waals surface area contributed by atoms with Crippen LogP contribution >= 0.6 is 27.3 Å². The molecule has 0 fully saturated rings. The predicted molar refractivity (Wildman–Crippen MR) is 81.7 cm³/mol. The summed E-state index contributed by atoms with van der Waals surface area (Å²) in [5.74, 6) is -0.201. The van der Waals surface area contributed by atoms with Crippen molar-refractivity contribution in [3.05, 3.63) is 56.4 Å². The van der Waals surface area contributed by atoms with Gasteiger partial charge in [0, 0.05) is 22.4 Å². The number of hydrogen-bond donors (Lipinski definition) is 1. The smallest absolute Gasteiger partial charge is 0.123 e. The van der Waals surface area contributed by atoms with Crippen LogP contribution in [-0.2, 0) is 6.54 Å². The number of halogens is 2. The monoisotopic (exact) mass is 342 g/mol. The lowest BCUT2D eigenvalue weighted by atomic mass is 10.1. The fourth-order valence-electron chi connectivity index (χ4n) is 2.06. The molecule has 0 saturated heterocycles. The van der Waals surface area contributed by atoms with Gasteiger partial charge in [0.1, 0.15) is 5.82 Å². The summed E-state index contributed by atoms with van der Waals surface area (Å²) in [6.07, 6.45) is 0. The molecular formula is C14H16BrFN2S. The van der Waals surface area contributed by atoms with Gasteiger partial charge in [-0.2, -0.15) is 0 Å². The molecule has 102 valence electrons. The summed E-state index contributed by atoms with van der Waals surface area (Å²) in [7, 11) is 2.01. The highest BCUT2D eigenvalue weighted by Gasteiger charge is 2.19. The number of rotatable bonds is 5. The van der Waals surface area contributed by atoms with Gasteiger partial charge in [-0.25, -0.2) is 4.39 Å². The number of nitrogens with two attached hydrogens (primary N) is 1. The van der Waals surface area contributed by atoms with E-state index in [0.29, 0.717) is 13.1 Å². The fourth-order valence-corrected chi connectivity index (χ4v) is 3.88. The Morgan fingerprint density at radius 2 is 2.21 bits per heavy atom. The zero-order chi connectivity index (χ0) is 13.8. The molecule has 0 aliphatic carbocycles. The molecule has 1 atom stereocenters. The Bertz CT molecular complexity index is 544. The molecule has 1 unspecified atom stereocenters. The van der Waals surface area contributed by atoms with E-state index in [9.17, 15) is 4.39 Å². The maximum Gasteiger partial charge on any atom is 0.123 e. The molecule has 0 radical (unpaired) electrons. The Balaban J connectivity index is 2.14. The molecule has 0 spiro atoms. The highest BCUT2D eigenvalue weighted by molar-refractivity contribution is 9.10. The summed E-state index contributed by atoms with van der Waals surface area (Å²) in [6.45, 7) is 1.20. The first-order valence-electron chi connectivity index (χ1n) is 5.99. The average molecular weight is 343 g/mol. The van der Waals surface area contributed by atoms with Crippen molar-refractivity contribution in [1.29, 1.82) is 0 Å². The first-order valence-corrected chi connectivity index (χ1v) is 7.66. The van der Waals surface area contributed by atoms with E-state index in [0.717, 1.165) is 10.0 Å². The van der Waals surface area contributed by atoms with E-state index >= 15 is 0 Å². The maximum absolute atomic E-state index is 13.2. The number of hydrogen-bond acceptors (Lipinski definition) is 3. The summed E-state index contributed by atoms with van der Waals surface area (Å²) >= 11 is 5.22. The third-order valence-corrected chi connectivity index (χ3v) is 5.00. The third kappa shape index (κ3) is 3.63. The molecule has 19 heavy (non-hydrogen) atoms. The van der Waals surface area contributed by atoms with E-state index in [4.69, 9.17) is 5.73 Å². The van der Waals surface area contributed by atoms with Crippen LogP contribution < -0.4 is 5.73 Å². The average Bonchev–Trinajstić information content (AvgIpc) is 2.77. The zero-order valence-corrected chi connectivity index (χ0v) is 13.0. The summed E-state index contributed by atoms with van der Waals surface area (Å²) in [5, 5.41) is 2.04. The van der Waals surface area contributed by atoms with Crippen molar-refractivity contribution < 1.29 is 4.39 Å². The van der Waals surface area contributed by atoms with Gasteiger partial charge < -0.3 is 5.73 Å². The molecule has 1 heterocycles. The second kappa shape index (κ2) is 6.61. The third-order valence-electron chi connectivity index (χ3n) is 3.02. The Morgan fingerprint density at radius 1 is 1.42 bits per heavy atom. The summed E-state index contributed by atoms with van der Waals surface area (Å²) in [6, 6.07) is 8.84. The van der Waals surface area contributed by atoms with E-state index < -0.39 is 0 Å². The normalized spacial score (nSPS) is 12.9. The molecule has 0 aliphatic rings. The summed E-state index contributed by atoms with van der Waals surface area (Å²) in [5.41, 5.74) is 6.84. The van der Waals surface area contributed by atoms with Crippen LogP contribution in [-0.4, -0.2) is 18.5 Å². The SMILES string of the molecule is CN(Cc1cccc(F)c1)C(CN)c1sccc1Br. The van der Waals surface area contributed by atoms with Crippen molar-refractivity contribution in [1.82, 2.24) is 4.90 Å². The Kier molecular flexibility index (Phi) is 5.10. The van der Waals surface area contributed by atoms with Gasteiger partial charge in [0.05, 0.1) is 6.04 Å². The van der Waals surface area contributed by atoms with Crippen LogP contribution in [0.1, 0.15) is 16.5 Å². The Hall–Kier alpha value is -0.750. The molecule has 0 amide bonds. The minimum atomic E-state index is -0.201. The minimum Gasteiger partial charge on any atom is -0.329 e. The van der Waals surface area contributed by atoms with E-state index in [1.165, 1.54) is 10.9 Å². The van der Waals surface area contributed by atoms with Crippen molar-refractivity contribution in [2.75, 3.05) is 13.6 Å². The van der Waals surface area contributed by atoms with Crippen LogP contribution in [0.15, 0.2) is 40.2 Å². The van der Waals surface area contributed by atoms with Crippen LogP contribution in [0.2, 0.25) is 0 Å². The van der Waals surface area contributed by atoms with Crippen LogP contribution in [0.5, 0.6) is 0 Å². The topological polar surface area (TPSA) is 29.3 Å². The van der Waals surface area contributed by atoms with Crippen molar-refractivity contribution in [2.24, 2.45) is 5.73 Å². The van der Waals surface area contributed by atoms with E-state index in [2.05, 4.69) is 20.8 Å². The van der Waals surface area contributed by atoms with Gasteiger partial charge in [0.25, 0.3) is 0 Å². The molecule has 2 N–H and O–H groups in total. The van der Waals surface area contributed by atoms with Crippen molar-refractivity contribution in [3.63, 3.8) is 0 Å². The van der Waals surface area contributed by atoms with E-state index in [1.807, 2.05) is 24.6 Å². The zero-order valence-electron chi connectivity index (χ0n) is 10.6. The molecule has 5 heteroatoms. The van der Waals surface area contributed by atoms with Gasteiger partial charge in [0.2, 0.25) is 0 Å². The van der Waals surface area contributed by atoms with Crippen LogP contribution in [0.25, 0.3) is 0 Å². The molecule has 0 aliphatic heterocycles. The van der Waals surface area contributed by atoms with E-state index in [1.54, 1.807) is 23.5 Å². The van der Waals surface area contributed by atoms with Gasteiger partial charge in [-0.05, 0) is 52.1 Å². The van der Waals surface area contributed by atoms with Gasteiger partial charge in [-0.15, -0.1) is 11.3 Å². The molecule has 0 bridgehead atoms. The highest BCUT2D eigenvalue weighted by Crippen LogP contribution is 2.32. The van der Waals surface area contributed by atoms with Crippen molar-refractivity contribution in [3.8, 4) is 0 Å². The van der Waals surface area contributed by atoms with Gasteiger partial charge >= 0.3 is 0 Å². The lowest BCUT2D eigenvalue weighted by molar-refractivity contribution is 0.244. The molecule has 1 aromatic heterocycles. The Morgan fingerprint density at radius 3 is 2.79 bits per heavy atom. The lowest BCUT2D eigenvalue weighted by Gasteiger charge is -2.26. The standard InChI is InChI=1S/C14H16BrFN2S/c1-18(9-10-3-2-4-11(16)7-10)13(8-17)14-12(15)5-6-19-14/h2-7,13H,8-9,17H2,1H3. The van der Waals surface area contributed by atoms with Gasteiger partial charge in [0.15, 0.2) is 0 Å². The predicted octanol–water partition coefficient (Wildman–Crippen LogP) is 3.78. The Labute approximate surface area is 125 Å². The molecular weight excluding hydrogens is 327 g/mol. The summed E-state index contributed by atoms with van der Waals surface area (Å²) < 4.78 is 14.3. The number of nitrogens with zero attached hydrogens (tertiary/aromatic N) is 1. The molecule has 2 nitrogen and oxygen atoms in total. The minimum absolute atomic E-state index is 0.137. The van der Waals surface area contributed by atoms with E-state index in [-0.39, 0.29) is 11.9 Å². The van der Waals surface area contributed by atoms with Gasteiger partial charge in [-0.3, -0.25) is 4.90 Å². The molecule has 0 saturated carbocycles. The van der Waals surface area contributed by atoms with Crippen molar-refractivity contribution >= 4 is 27.3 Å². The second-order valence-corrected chi connectivity index (χ2v) is 6.23. The lowest BCUT2D eigenvalue weighted by Crippen LogP contribution is -2.29. The quantitative estimate of drug-likeness (QED) is 0.895. The first kappa shape index (κ1) is 14.7. The van der Waals surface area contributed by atoms with Crippen LogP contribution in [0, 0.1) is 5.82 Å². The van der Waals surface area contributed by atoms with Crippen LogP contribution in [0.3, 0.4) is 0 Å². The second-order valence-electron chi connectivity index (χ2n) is 4.43. The molecule has 1 aromatic carbocycles. The van der Waals surface area contributed by atoms with Crippen molar-refractivity contribution in [2.45, 2.75) is 12.6 Å². The first-order chi connectivity index (χ1) is 9.11. The summed E-state index contributed by atoms with van der Waals surface area (Å²) in [4.78, 5) is 3.35. The molecule has 2 aromatic rings. The number of likely N-dealkylation sites (N-methyl/N-ethyl adjacent to an activating group) is 1. The molecule has 2 rings (SSSR count). The highest BCUT2D eigenvalue weighted by atomic mass is 79.9. The largest absolute Gasteiger partial charge is 0.329 e.